The number of aliphatic hydroxyl groups excluding tert-OH is 1. The number of fused-ring (bicyclic) bond motifs is 1. The van der Waals surface area contributed by atoms with Crippen molar-refractivity contribution in [2.75, 3.05) is 25.6 Å². The number of carbonyl (C=O) groups is 1. The van der Waals surface area contributed by atoms with Crippen LogP contribution in [-0.2, 0) is 0 Å². The molecular formula is C23H20FNO5. The molecule has 0 bridgehead atoms. The van der Waals surface area contributed by atoms with E-state index in [1.807, 2.05) is 0 Å². The van der Waals surface area contributed by atoms with Crippen molar-refractivity contribution in [3.8, 4) is 17.2 Å². The SMILES string of the molecule is COc1ccc([C@H](O)c2cc3c(cc2NC(=O)c2ccc(F)cc2)OCCO3)cc1. The summed E-state index contributed by atoms with van der Waals surface area (Å²) in [5.41, 5.74) is 1.72. The van der Waals surface area contributed by atoms with E-state index in [2.05, 4.69) is 5.32 Å². The average molecular weight is 409 g/mol. The van der Waals surface area contributed by atoms with Crippen LogP contribution in [0.25, 0.3) is 0 Å². The van der Waals surface area contributed by atoms with Gasteiger partial charge in [-0.05, 0) is 48.0 Å². The molecule has 0 saturated heterocycles. The van der Waals surface area contributed by atoms with E-state index < -0.39 is 17.8 Å². The molecular weight excluding hydrogens is 389 g/mol. The van der Waals surface area contributed by atoms with Crippen molar-refractivity contribution in [1.82, 2.24) is 0 Å². The second kappa shape index (κ2) is 8.42. The Morgan fingerprint density at radius 1 is 1.03 bits per heavy atom. The van der Waals surface area contributed by atoms with Crippen LogP contribution in [-0.4, -0.2) is 31.3 Å². The summed E-state index contributed by atoms with van der Waals surface area (Å²) in [6, 6.07) is 15.5. The van der Waals surface area contributed by atoms with E-state index in [1.165, 1.54) is 24.3 Å². The Balaban J connectivity index is 1.70. The maximum absolute atomic E-state index is 13.2. The number of hydrogen-bond acceptors (Lipinski definition) is 5. The van der Waals surface area contributed by atoms with E-state index in [4.69, 9.17) is 14.2 Å². The molecule has 154 valence electrons. The van der Waals surface area contributed by atoms with Crippen molar-refractivity contribution < 1.29 is 28.5 Å². The first kappa shape index (κ1) is 19.7. The number of rotatable bonds is 5. The average Bonchev–Trinajstić information content (AvgIpc) is 2.78. The van der Waals surface area contributed by atoms with Gasteiger partial charge in [-0.3, -0.25) is 4.79 Å². The molecule has 1 aliphatic rings. The fourth-order valence-corrected chi connectivity index (χ4v) is 3.20. The maximum Gasteiger partial charge on any atom is 0.255 e. The molecule has 1 amide bonds. The van der Waals surface area contributed by atoms with E-state index in [9.17, 15) is 14.3 Å². The largest absolute Gasteiger partial charge is 0.497 e. The van der Waals surface area contributed by atoms with Gasteiger partial charge in [-0.1, -0.05) is 12.1 Å². The van der Waals surface area contributed by atoms with Crippen LogP contribution in [0.4, 0.5) is 10.1 Å². The van der Waals surface area contributed by atoms with Gasteiger partial charge in [0.25, 0.3) is 5.91 Å². The topological polar surface area (TPSA) is 77.0 Å². The van der Waals surface area contributed by atoms with Crippen molar-refractivity contribution in [3.05, 3.63) is 83.2 Å². The third-order valence-electron chi connectivity index (χ3n) is 4.80. The van der Waals surface area contributed by atoms with Gasteiger partial charge in [-0.15, -0.1) is 0 Å². The first-order chi connectivity index (χ1) is 14.5. The molecule has 0 saturated carbocycles. The van der Waals surface area contributed by atoms with Crippen LogP contribution < -0.4 is 19.5 Å². The van der Waals surface area contributed by atoms with Crippen LogP contribution in [0.1, 0.15) is 27.6 Å². The molecule has 0 unspecified atom stereocenters. The summed E-state index contributed by atoms with van der Waals surface area (Å²) in [7, 11) is 1.56. The number of halogens is 1. The Morgan fingerprint density at radius 3 is 2.30 bits per heavy atom. The Labute approximate surface area is 172 Å². The Morgan fingerprint density at radius 2 is 1.67 bits per heavy atom. The molecule has 0 aromatic heterocycles. The fraction of sp³-hybridized carbons (Fsp3) is 0.174. The molecule has 3 aromatic carbocycles. The first-order valence-electron chi connectivity index (χ1n) is 9.37. The van der Waals surface area contributed by atoms with Gasteiger partial charge in [0.1, 0.15) is 30.9 Å². The number of ether oxygens (including phenoxy) is 3. The van der Waals surface area contributed by atoms with Crippen molar-refractivity contribution in [3.63, 3.8) is 0 Å². The summed E-state index contributed by atoms with van der Waals surface area (Å²) in [5, 5.41) is 13.8. The number of amides is 1. The molecule has 1 aliphatic heterocycles. The molecule has 6 nitrogen and oxygen atoms in total. The fourth-order valence-electron chi connectivity index (χ4n) is 3.20. The van der Waals surface area contributed by atoms with Crippen LogP contribution in [0.3, 0.4) is 0 Å². The minimum atomic E-state index is -1.03. The predicted octanol–water partition coefficient (Wildman–Crippen LogP) is 3.94. The van der Waals surface area contributed by atoms with Gasteiger partial charge in [-0.25, -0.2) is 4.39 Å². The van der Waals surface area contributed by atoms with E-state index in [0.717, 1.165) is 0 Å². The molecule has 0 fully saturated rings. The van der Waals surface area contributed by atoms with E-state index in [-0.39, 0.29) is 5.56 Å². The molecule has 0 spiro atoms. The molecule has 1 atom stereocenters. The van der Waals surface area contributed by atoms with Crippen LogP contribution in [0, 0.1) is 5.82 Å². The quantitative estimate of drug-likeness (QED) is 0.668. The Bertz CT molecular complexity index is 1050. The second-order valence-corrected chi connectivity index (χ2v) is 6.72. The highest BCUT2D eigenvalue weighted by Gasteiger charge is 2.23. The molecule has 0 aliphatic carbocycles. The highest BCUT2D eigenvalue weighted by atomic mass is 19.1. The first-order valence-corrected chi connectivity index (χ1v) is 9.37. The van der Waals surface area contributed by atoms with Crippen LogP contribution in [0.2, 0.25) is 0 Å². The van der Waals surface area contributed by atoms with Gasteiger partial charge in [0.2, 0.25) is 0 Å². The monoisotopic (exact) mass is 409 g/mol. The minimum Gasteiger partial charge on any atom is -0.497 e. The molecule has 2 N–H and O–H groups in total. The van der Waals surface area contributed by atoms with Crippen LogP contribution >= 0.6 is 0 Å². The lowest BCUT2D eigenvalue weighted by Gasteiger charge is -2.23. The highest BCUT2D eigenvalue weighted by molar-refractivity contribution is 6.04. The summed E-state index contributed by atoms with van der Waals surface area (Å²) in [6.07, 6.45) is -1.03. The second-order valence-electron chi connectivity index (χ2n) is 6.72. The van der Waals surface area contributed by atoms with E-state index in [1.54, 1.807) is 43.5 Å². The normalized spacial score (nSPS) is 13.4. The van der Waals surface area contributed by atoms with Gasteiger partial charge in [0, 0.05) is 17.2 Å². The Kier molecular flexibility index (Phi) is 5.54. The highest BCUT2D eigenvalue weighted by Crippen LogP contribution is 2.40. The minimum absolute atomic E-state index is 0.288. The molecule has 4 rings (SSSR count). The standard InChI is InChI=1S/C23H20FNO5/c1-28-17-8-4-14(5-9-17)22(26)18-12-20-21(30-11-10-29-20)13-19(18)25-23(27)15-2-6-16(24)7-3-15/h2-9,12-13,22,26H,10-11H2,1H3,(H,25,27)/t22-/m0/s1. The van der Waals surface area contributed by atoms with E-state index in [0.29, 0.717) is 47.3 Å². The number of benzene rings is 3. The summed E-state index contributed by atoms with van der Waals surface area (Å²) in [5.74, 6) is 0.763. The summed E-state index contributed by atoms with van der Waals surface area (Å²) in [4.78, 5) is 12.7. The molecule has 1 heterocycles. The molecule has 0 radical (unpaired) electrons. The number of aliphatic hydroxyl groups is 1. The number of carbonyl (C=O) groups excluding carboxylic acids is 1. The summed E-state index contributed by atoms with van der Waals surface area (Å²) in [6.45, 7) is 0.783. The van der Waals surface area contributed by atoms with E-state index >= 15 is 0 Å². The lowest BCUT2D eigenvalue weighted by Crippen LogP contribution is -2.18. The maximum atomic E-state index is 13.2. The number of hydrogen-bond donors (Lipinski definition) is 2. The summed E-state index contributed by atoms with van der Waals surface area (Å²) < 4.78 is 29.6. The van der Waals surface area contributed by atoms with Gasteiger partial charge < -0.3 is 24.6 Å². The lowest BCUT2D eigenvalue weighted by atomic mass is 9.98. The van der Waals surface area contributed by atoms with Gasteiger partial charge in [0.05, 0.1) is 12.8 Å². The molecule has 30 heavy (non-hydrogen) atoms. The zero-order chi connectivity index (χ0) is 21.1. The Hall–Kier alpha value is -3.58. The number of methoxy groups -OCH3 is 1. The molecule has 7 heteroatoms. The molecule has 3 aromatic rings. The number of nitrogens with one attached hydrogen (secondary N) is 1. The zero-order valence-electron chi connectivity index (χ0n) is 16.2. The van der Waals surface area contributed by atoms with Gasteiger partial charge in [-0.2, -0.15) is 0 Å². The van der Waals surface area contributed by atoms with Crippen molar-refractivity contribution in [1.29, 1.82) is 0 Å². The van der Waals surface area contributed by atoms with Gasteiger partial charge in [0.15, 0.2) is 11.5 Å². The van der Waals surface area contributed by atoms with Crippen molar-refractivity contribution in [2.24, 2.45) is 0 Å². The lowest BCUT2D eigenvalue weighted by molar-refractivity contribution is 0.102. The van der Waals surface area contributed by atoms with Crippen molar-refractivity contribution in [2.45, 2.75) is 6.10 Å². The van der Waals surface area contributed by atoms with Gasteiger partial charge >= 0.3 is 0 Å². The third-order valence-corrected chi connectivity index (χ3v) is 4.80. The number of anilines is 1. The summed E-state index contributed by atoms with van der Waals surface area (Å²) >= 11 is 0. The predicted molar refractivity (Wildman–Crippen MR) is 109 cm³/mol. The van der Waals surface area contributed by atoms with Crippen LogP contribution in [0.5, 0.6) is 17.2 Å². The van der Waals surface area contributed by atoms with Crippen molar-refractivity contribution >= 4 is 11.6 Å². The smallest absolute Gasteiger partial charge is 0.255 e. The third kappa shape index (κ3) is 4.06. The van der Waals surface area contributed by atoms with Crippen LogP contribution in [0.15, 0.2) is 60.7 Å². The zero-order valence-corrected chi connectivity index (χ0v) is 16.2.